The molecule has 8 heteroatoms. The zero-order chi connectivity index (χ0) is 21.3. The molecule has 3 aromatic carbocycles. The van der Waals surface area contributed by atoms with Gasteiger partial charge in [-0.15, -0.1) is 0 Å². The Balaban J connectivity index is 1.33. The largest absolute Gasteiger partial charge is 0.487 e. The van der Waals surface area contributed by atoms with Crippen LogP contribution in [0.1, 0.15) is 0 Å². The Morgan fingerprint density at radius 2 is 1.42 bits per heavy atom. The first-order valence-electron chi connectivity index (χ1n) is 9.80. The molecule has 6 nitrogen and oxygen atoms in total. The summed E-state index contributed by atoms with van der Waals surface area (Å²) in [6.45, 7) is 0.276. The number of hydrogen-bond acceptors (Lipinski definition) is 6. The van der Waals surface area contributed by atoms with E-state index in [1.165, 1.54) is 16.8 Å². The van der Waals surface area contributed by atoms with Crippen LogP contribution in [0.4, 0.5) is 0 Å². The molecule has 156 valence electrons. The summed E-state index contributed by atoms with van der Waals surface area (Å²) in [7, 11) is -3.51. The van der Waals surface area contributed by atoms with E-state index >= 15 is 0 Å². The van der Waals surface area contributed by atoms with Crippen molar-refractivity contribution in [1.82, 2.24) is 5.06 Å². The summed E-state index contributed by atoms with van der Waals surface area (Å²) in [6, 6.07) is 26.9. The lowest BCUT2D eigenvalue weighted by Gasteiger charge is -2.41. The van der Waals surface area contributed by atoms with Crippen LogP contribution in [0, 0.1) is 0 Å². The molecule has 1 amide bonds. The Kier molecular flexibility index (Phi) is 5.40. The van der Waals surface area contributed by atoms with Crippen molar-refractivity contribution in [3.8, 4) is 5.75 Å². The van der Waals surface area contributed by atoms with Crippen molar-refractivity contribution < 1.29 is 18.7 Å². The number of fused-ring (bicyclic) bond motifs is 1. The molecule has 2 aliphatic rings. The molecular formula is C23H19N2O4PS. The Morgan fingerprint density at radius 1 is 0.871 bits per heavy atom. The zero-order valence-electron chi connectivity index (χ0n) is 16.4. The number of hydrogen-bond donors (Lipinski definition) is 0. The fraction of sp³-hybridized carbons (Fsp3) is 0.130. The van der Waals surface area contributed by atoms with E-state index in [4.69, 9.17) is 9.36 Å². The number of carbonyl (C=O) groups excluding carboxylic acids is 1. The quantitative estimate of drug-likeness (QED) is 0.406. The van der Waals surface area contributed by atoms with Gasteiger partial charge in [0.1, 0.15) is 22.8 Å². The van der Waals surface area contributed by atoms with Gasteiger partial charge in [0.25, 0.3) is 13.3 Å². The third-order valence-electron chi connectivity index (χ3n) is 5.01. The number of β-lactam (4-membered cyclic amide) rings is 1. The number of nitrogens with zero attached hydrogens (tertiary/aromatic N) is 2. The monoisotopic (exact) mass is 450 g/mol. The molecule has 0 aliphatic carbocycles. The van der Waals surface area contributed by atoms with Crippen molar-refractivity contribution >= 4 is 40.7 Å². The van der Waals surface area contributed by atoms with Gasteiger partial charge < -0.3 is 4.74 Å². The van der Waals surface area contributed by atoms with Crippen LogP contribution in [0.3, 0.4) is 0 Å². The van der Waals surface area contributed by atoms with Crippen LogP contribution in [-0.2, 0) is 14.0 Å². The first-order valence-corrected chi connectivity index (χ1v) is 12.3. The summed E-state index contributed by atoms with van der Waals surface area (Å²) < 4.78 is 25.8. The number of carbonyl (C=O) groups is 1. The highest BCUT2D eigenvalue weighted by Gasteiger charge is 2.56. The van der Waals surface area contributed by atoms with Gasteiger partial charge in [-0.2, -0.15) is 5.06 Å². The second kappa shape index (κ2) is 8.35. The number of benzene rings is 3. The predicted octanol–water partition coefficient (Wildman–Crippen LogP) is 3.61. The van der Waals surface area contributed by atoms with Gasteiger partial charge in [0.05, 0.1) is 0 Å². The van der Waals surface area contributed by atoms with Crippen LogP contribution in [0.15, 0.2) is 96.0 Å². The van der Waals surface area contributed by atoms with E-state index in [0.29, 0.717) is 15.7 Å². The number of para-hydroxylation sites is 1. The molecule has 5 rings (SSSR count). The normalized spacial score (nSPS) is 20.1. The number of rotatable bonds is 7. The molecule has 0 saturated carbocycles. The number of amides is 1. The second-order valence-electron chi connectivity index (χ2n) is 7.05. The van der Waals surface area contributed by atoms with Crippen molar-refractivity contribution in [2.75, 3.05) is 6.61 Å². The Bertz CT molecular complexity index is 1110. The second-order valence-corrected chi connectivity index (χ2v) is 10.5. The maximum Gasteiger partial charge on any atom is 0.283 e. The fourth-order valence-electron chi connectivity index (χ4n) is 3.42. The Morgan fingerprint density at radius 3 is 2.00 bits per heavy atom. The van der Waals surface area contributed by atoms with Crippen molar-refractivity contribution in [2.24, 2.45) is 4.99 Å². The molecule has 1 saturated heterocycles. The molecule has 0 radical (unpaired) electrons. The van der Waals surface area contributed by atoms with Crippen LogP contribution in [0.2, 0.25) is 0 Å². The molecule has 0 bridgehead atoms. The van der Waals surface area contributed by atoms with E-state index in [1.807, 2.05) is 66.7 Å². The van der Waals surface area contributed by atoms with Gasteiger partial charge in [-0.25, -0.2) is 4.62 Å². The number of ether oxygens (including phenoxy) is 1. The van der Waals surface area contributed by atoms with Crippen LogP contribution < -0.4 is 15.3 Å². The third kappa shape index (κ3) is 3.81. The summed E-state index contributed by atoms with van der Waals surface area (Å²) in [4.78, 5) is 17.2. The van der Waals surface area contributed by atoms with Gasteiger partial charge in [-0.3, -0.25) is 14.4 Å². The first kappa shape index (κ1) is 20.1. The van der Waals surface area contributed by atoms with E-state index in [0.717, 1.165) is 5.75 Å². The third-order valence-corrected chi connectivity index (χ3v) is 8.56. The number of hydroxylamine groups is 2. The lowest BCUT2D eigenvalue weighted by molar-refractivity contribution is -0.181. The van der Waals surface area contributed by atoms with E-state index in [9.17, 15) is 9.36 Å². The summed E-state index contributed by atoms with van der Waals surface area (Å²) in [5, 5.41) is 2.66. The molecule has 2 heterocycles. The maximum atomic E-state index is 14.1. The van der Waals surface area contributed by atoms with Gasteiger partial charge in [0.15, 0.2) is 6.04 Å². The number of thioether (sulfide) groups is 1. The Hall–Kier alpha value is -2.86. The lowest BCUT2D eigenvalue weighted by Crippen LogP contribution is -2.60. The minimum Gasteiger partial charge on any atom is -0.487 e. The van der Waals surface area contributed by atoms with E-state index in [2.05, 4.69) is 4.99 Å². The lowest BCUT2D eigenvalue weighted by atomic mass is 10.1. The SMILES string of the molecule is O=C1C2N=C(COc3ccccc3)SC2N1OP(=O)(c1ccccc1)c1ccccc1. The highest BCUT2D eigenvalue weighted by atomic mass is 32.2. The number of aliphatic imine (C=N–C) groups is 1. The summed E-state index contributed by atoms with van der Waals surface area (Å²) in [6.07, 6.45) is 0. The highest BCUT2D eigenvalue weighted by molar-refractivity contribution is 8.15. The average Bonchev–Trinajstić information content (AvgIpc) is 3.23. The van der Waals surface area contributed by atoms with Crippen molar-refractivity contribution in [3.05, 3.63) is 91.0 Å². The van der Waals surface area contributed by atoms with Gasteiger partial charge in [0, 0.05) is 10.6 Å². The molecule has 31 heavy (non-hydrogen) atoms. The van der Waals surface area contributed by atoms with E-state index < -0.39 is 13.4 Å². The molecular weight excluding hydrogens is 431 g/mol. The molecule has 0 spiro atoms. The van der Waals surface area contributed by atoms with Crippen LogP contribution in [0.25, 0.3) is 0 Å². The topological polar surface area (TPSA) is 68.2 Å². The summed E-state index contributed by atoms with van der Waals surface area (Å²) >= 11 is 1.41. The van der Waals surface area contributed by atoms with Crippen LogP contribution in [0.5, 0.6) is 5.75 Å². The fourth-order valence-corrected chi connectivity index (χ4v) is 6.65. The Labute approximate surface area is 184 Å². The average molecular weight is 450 g/mol. The van der Waals surface area contributed by atoms with E-state index in [1.54, 1.807) is 24.3 Å². The van der Waals surface area contributed by atoms with Crippen molar-refractivity contribution in [2.45, 2.75) is 11.4 Å². The molecule has 0 N–H and O–H groups in total. The van der Waals surface area contributed by atoms with Crippen LogP contribution >= 0.6 is 19.1 Å². The maximum absolute atomic E-state index is 14.1. The standard InChI is InChI=1S/C23H19N2O4PS/c26-22-21-23(31-20(24-21)16-28-17-10-4-1-5-11-17)25(22)29-30(27,18-12-6-2-7-13-18)19-14-8-3-9-15-19/h1-15,21,23H,16H2. The molecule has 2 aliphatic heterocycles. The van der Waals surface area contributed by atoms with Crippen molar-refractivity contribution in [1.29, 1.82) is 0 Å². The zero-order valence-corrected chi connectivity index (χ0v) is 18.1. The first-order chi connectivity index (χ1) is 15.1. The van der Waals surface area contributed by atoms with Crippen LogP contribution in [-0.4, -0.2) is 34.0 Å². The van der Waals surface area contributed by atoms with Gasteiger partial charge in [-0.1, -0.05) is 66.4 Å². The van der Waals surface area contributed by atoms with Gasteiger partial charge >= 0.3 is 0 Å². The minimum absolute atomic E-state index is 0.276. The minimum atomic E-state index is -3.51. The predicted molar refractivity (Wildman–Crippen MR) is 122 cm³/mol. The molecule has 1 fully saturated rings. The molecule has 2 unspecified atom stereocenters. The van der Waals surface area contributed by atoms with Crippen molar-refractivity contribution in [3.63, 3.8) is 0 Å². The summed E-state index contributed by atoms with van der Waals surface area (Å²) in [5.41, 5.74) is 0. The molecule has 0 aromatic heterocycles. The molecule has 3 aromatic rings. The highest BCUT2D eigenvalue weighted by Crippen LogP contribution is 2.50. The smallest absolute Gasteiger partial charge is 0.283 e. The molecule has 2 atom stereocenters. The summed E-state index contributed by atoms with van der Waals surface area (Å²) in [5.74, 6) is 0.446. The van der Waals surface area contributed by atoms with E-state index in [-0.39, 0.29) is 17.9 Å². The van der Waals surface area contributed by atoms with Gasteiger partial charge in [0.2, 0.25) is 0 Å². The van der Waals surface area contributed by atoms with Gasteiger partial charge in [-0.05, 0) is 36.4 Å².